The molecule has 2 aliphatic heterocycles. The molecule has 1 atom stereocenters. The zero-order valence-corrected chi connectivity index (χ0v) is 10.9. The van der Waals surface area contributed by atoms with Crippen molar-refractivity contribution in [2.75, 3.05) is 32.2 Å². The molecule has 4 heteroatoms. The van der Waals surface area contributed by atoms with Crippen LogP contribution in [0.2, 0.25) is 0 Å². The van der Waals surface area contributed by atoms with Gasteiger partial charge in [-0.1, -0.05) is 0 Å². The Morgan fingerprint density at radius 1 is 1.00 bits per heavy atom. The first-order valence-corrected chi connectivity index (χ1v) is 6.98. The lowest BCUT2D eigenvalue weighted by molar-refractivity contribution is -0.158. The standard InChI is InChI=1S/C7H14O2S.C5H10O/c10-6-5-9-7-3-1-2-4-8-7;1-2-4-6-5-3-1/h7,10H,1-6H2;1-5H2. The van der Waals surface area contributed by atoms with Gasteiger partial charge in [0.15, 0.2) is 6.29 Å². The summed E-state index contributed by atoms with van der Waals surface area (Å²) in [6.07, 6.45) is 7.45. The summed E-state index contributed by atoms with van der Waals surface area (Å²) in [5.41, 5.74) is 0. The molecular weight excluding hydrogens is 224 g/mol. The Morgan fingerprint density at radius 2 is 1.75 bits per heavy atom. The highest BCUT2D eigenvalue weighted by Crippen LogP contribution is 2.13. The van der Waals surface area contributed by atoms with Gasteiger partial charge in [-0.2, -0.15) is 12.6 Å². The maximum absolute atomic E-state index is 5.33. The molecule has 3 nitrogen and oxygen atoms in total. The summed E-state index contributed by atoms with van der Waals surface area (Å²) >= 11 is 4.04. The summed E-state index contributed by atoms with van der Waals surface area (Å²) in [5.74, 6) is 0.778. The van der Waals surface area contributed by atoms with E-state index in [1.807, 2.05) is 0 Å². The Bertz CT molecular complexity index is 134. The minimum Gasteiger partial charge on any atom is -0.381 e. The summed E-state index contributed by atoms with van der Waals surface area (Å²) in [5, 5.41) is 0. The number of rotatable bonds is 3. The molecule has 0 radical (unpaired) electrons. The van der Waals surface area contributed by atoms with E-state index in [-0.39, 0.29) is 6.29 Å². The van der Waals surface area contributed by atoms with Crippen LogP contribution in [0.1, 0.15) is 38.5 Å². The average Bonchev–Trinajstić information content (AvgIpc) is 2.40. The highest BCUT2D eigenvalue weighted by Gasteiger charge is 2.12. The van der Waals surface area contributed by atoms with E-state index in [4.69, 9.17) is 14.2 Å². The lowest BCUT2D eigenvalue weighted by atomic mass is 10.2. The topological polar surface area (TPSA) is 27.7 Å². The van der Waals surface area contributed by atoms with Crippen LogP contribution in [0.25, 0.3) is 0 Å². The van der Waals surface area contributed by atoms with Crippen LogP contribution in [0.4, 0.5) is 0 Å². The zero-order valence-electron chi connectivity index (χ0n) is 10.0. The monoisotopic (exact) mass is 248 g/mol. The van der Waals surface area contributed by atoms with Gasteiger partial charge in [-0.25, -0.2) is 0 Å². The van der Waals surface area contributed by atoms with E-state index in [9.17, 15) is 0 Å². The fourth-order valence-corrected chi connectivity index (χ4v) is 1.82. The molecule has 0 N–H and O–H groups in total. The first kappa shape index (κ1) is 14.3. The highest BCUT2D eigenvalue weighted by atomic mass is 32.1. The molecule has 1 unspecified atom stereocenters. The van der Waals surface area contributed by atoms with Crippen LogP contribution in [0.5, 0.6) is 0 Å². The van der Waals surface area contributed by atoms with Crippen molar-refractivity contribution < 1.29 is 14.2 Å². The lowest BCUT2D eigenvalue weighted by Crippen LogP contribution is -2.22. The van der Waals surface area contributed by atoms with Crippen molar-refractivity contribution in [3.05, 3.63) is 0 Å². The van der Waals surface area contributed by atoms with Crippen LogP contribution in [-0.4, -0.2) is 38.5 Å². The third-order valence-electron chi connectivity index (χ3n) is 2.61. The van der Waals surface area contributed by atoms with Gasteiger partial charge in [-0.3, -0.25) is 0 Å². The van der Waals surface area contributed by atoms with Gasteiger partial charge in [0.2, 0.25) is 0 Å². The average molecular weight is 248 g/mol. The van der Waals surface area contributed by atoms with Crippen LogP contribution < -0.4 is 0 Å². The fourth-order valence-electron chi connectivity index (χ4n) is 1.71. The Labute approximate surface area is 104 Å². The molecule has 0 amide bonds. The Kier molecular flexibility index (Phi) is 9.28. The molecule has 0 saturated carbocycles. The Hall–Kier alpha value is 0.230. The van der Waals surface area contributed by atoms with Crippen molar-refractivity contribution in [3.8, 4) is 0 Å². The minimum absolute atomic E-state index is 0.0564. The van der Waals surface area contributed by atoms with Gasteiger partial charge in [0.05, 0.1) is 6.61 Å². The molecular formula is C12H24O3S. The second-order valence-corrected chi connectivity index (χ2v) is 4.51. The van der Waals surface area contributed by atoms with E-state index in [0.717, 1.165) is 32.0 Å². The summed E-state index contributed by atoms with van der Waals surface area (Å²) < 4.78 is 15.7. The molecule has 2 saturated heterocycles. The van der Waals surface area contributed by atoms with Gasteiger partial charge in [-0.15, -0.1) is 0 Å². The second kappa shape index (κ2) is 10.4. The van der Waals surface area contributed by atoms with Crippen molar-refractivity contribution >= 4 is 12.6 Å². The van der Waals surface area contributed by atoms with Crippen molar-refractivity contribution in [2.24, 2.45) is 0 Å². The maximum atomic E-state index is 5.33. The second-order valence-electron chi connectivity index (χ2n) is 4.06. The SMILES string of the molecule is C1CCOCC1.SCCOC1CCCCO1. The van der Waals surface area contributed by atoms with Gasteiger partial charge in [0.1, 0.15) is 0 Å². The Morgan fingerprint density at radius 3 is 2.19 bits per heavy atom. The molecule has 0 aromatic carbocycles. The number of thiol groups is 1. The summed E-state index contributed by atoms with van der Waals surface area (Å²) in [6, 6.07) is 0. The molecule has 2 rings (SSSR count). The minimum atomic E-state index is 0.0564. The fraction of sp³-hybridized carbons (Fsp3) is 1.00. The van der Waals surface area contributed by atoms with Crippen molar-refractivity contribution in [1.82, 2.24) is 0 Å². The number of hydrogen-bond acceptors (Lipinski definition) is 4. The van der Waals surface area contributed by atoms with Crippen molar-refractivity contribution in [2.45, 2.75) is 44.8 Å². The molecule has 96 valence electrons. The van der Waals surface area contributed by atoms with E-state index >= 15 is 0 Å². The summed E-state index contributed by atoms with van der Waals surface area (Å²) in [7, 11) is 0. The quantitative estimate of drug-likeness (QED) is 0.778. The molecule has 2 aliphatic rings. The van der Waals surface area contributed by atoms with Crippen molar-refractivity contribution in [1.29, 1.82) is 0 Å². The predicted molar refractivity (Wildman–Crippen MR) is 68.1 cm³/mol. The van der Waals surface area contributed by atoms with E-state index in [1.165, 1.54) is 32.1 Å². The largest absolute Gasteiger partial charge is 0.381 e. The predicted octanol–water partition coefficient (Wildman–Crippen LogP) is 2.65. The third kappa shape index (κ3) is 7.49. The van der Waals surface area contributed by atoms with Crippen LogP contribution in [0.15, 0.2) is 0 Å². The van der Waals surface area contributed by atoms with Crippen LogP contribution in [0.3, 0.4) is 0 Å². The first-order chi connectivity index (χ1) is 7.93. The lowest BCUT2D eigenvalue weighted by Gasteiger charge is -2.22. The molecule has 0 spiro atoms. The molecule has 0 aromatic rings. The van der Waals surface area contributed by atoms with Crippen LogP contribution in [-0.2, 0) is 14.2 Å². The van der Waals surface area contributed by atoms with E-state index < -0.39 is 0 Å². The molecule has 0 aliphatic carbocycles. The summed E-state index contributed by atoms with van der Waals surface area (Å²) in [4.78, 5) is 0. The molecule has 0 aromatic heterocycles. The Balaban J connectivity index is 0.000000181. The summed E-state index contributed by atoms with van der Waals surface area (Å²) in [6.45, 7) is 3.56. The van der Waals surface area contributed by atoms with Crippen molar-refractivity contribution in [3.63, 3.8) is 0 Å². The van der Waals surface area contributed by atoms with Gasteiger partial charge in [0, 0.05) is 25.6 Å². The van der Waals surface area contributed by atoms with Crippen LogP contribution >= 0.6 is 12.6 Å². The van der Waals surface area contributed by atoms with E-state index in [2.05, 4.69) is 12.6 Å². The van der Waals surface area contributed by atoms with Crippen LogP contribution in [0, 0.1) is 0 Å². The molecule has 0 bridgehead atoms. The third-order valence-corrected chi connectivity index (χ3v) is 2.79. The molecule has 16 heavy (non-hydrogen) atoms. The van der Waals surface area contributed by atoms with E-state index in [0.29, 0.717) is 6.61 Å². The van der Waals surface area contributed by atoms with E-state index in [1.54, 1.807) is 0 Å². The smallest absolute Gasteiger partial charge is 0.157 e. The number of hydrogen-bond donors (Lipinski definition) is 1. The van der Waals surface area contributed by atoms with Gasteiger partial charge in [0.25, 0.3) is 0 Å². The zero-order chi connectivity index (χ0) is 11.5. The highest BCUT2D eigenvalue weighted by molar-refractivity contribution is 7.80. The molecule has 2 fully saturated rings. The maximum Gasteiger partial charge on any atom is 0.157 e. The van der Waals surface area contributed by atoms with Gasteiger partial charge < -0.3 is 14.2 Å². The first-order valence-electron chi connectivity index (χ1n) is 6.35. The van der Waals surface area contributed by atoms with Gasteiger partial charge >= 0.3 is 0 Å². The number of ether oxygens (including phenoxy) is 3. The normalized spacial score (nSPS) is 25.7. The van der Waals surface area contributed by atoms with Gasteiger partial charge in [-0.05, 0) is 38.5 Å². The molecule has 2 heterocycles.